The van der Waals surface area contributed by atoms with E-state index in [1.165, 1.54) is 11.3 Å². The van der Waals surface area contributed by atoms with Gasteiger partial charge in [-0.15, -0.1) is 11.3 Å². The van der Waals surface area contributed by atoms with Crippen molar-refractivity contribution in [3.8, 4) is 6.07 Å². The zero-order valence-corrected chi connectivity index (χ0v) is 15.2. The van der Waals surface area contributed by atoms with Gasteiger partial charge < -0.3 is 4.90 Å². The van der Waals surface area contributed by atoms with Gasteiger partial charge in [0.1, 0.15) is 16.6 Å². The maximum absolute atomic E-state index is 13.2. The summed E-state index contributed by atoms with van der Waals surface area (Å²) in [7, 11) is 0. The lowest BCUT2D eigenvalue weighted by Gasteiger charge is -2.16. The van der Waals surface area contributed by atoms with Gasteiger partial charge in [-0.3, -0.25) is 4.79 Å². The van der Waals surface area contributed by atoms with Crippen LogP contribution in [0.2, 0.25) is 0 Å². The van der Waals surface area contributed by atoms with Crippen LogP contribution in [0.4, 0.5) is 5.69 Å². The van der Waals surface area contributed by atoms with Crippen LogP contribution in [0.3, 0.4) is 0 Å². The molecule has 1 amide bonds. The average molecular weight is 359 g/mol. The maximum Gasteiger partial charge on any atom is 0.260 e. The normalized spacial score (nSPS) is 15.2. The Morgan fingerprint density at radius 3 is 2.73 bits per heavy atom. The van der Waals surface area contributed by atoms with E-state index >= 15 is 0 Å². The molecule has 4 rings (SSSR count). The number of aromatic nitrogens is 1. The van der Waals surface area contributed by atoms with Crippen molar-refractivity contribution < 1.29 is 4.79 Å². The second-order valence-electron chi connectivity index (χ2n) is 6.18. The molecule has 4 nitrogen and oxygen atoms in total. The summed E-state index contributed by atoms with van der Waals surface area (Å²) in [5, 5.41) is 10.5. The van der Waals surface area contributed by atoms with Crippen molar-refractivity contribution >= 4 is 44.3 Å². The number of carbonyl (C=O) groups is 1. The molecule has 1 aliphatic rings. The summed E-state index contributed by atoms with van der Waals surface area (Å²) < 4.78 is 1.01. The van der Waals surface area contributed by atoms with Crippen LogP contribution in [-0.4, -0.2) is 17.4 Å². The summed E-state index contributed by atoms with van der Waals surface area (Å²) in [4.78, 5) is 19.5. The number of fused-ring (bicyclic) bond motifs is 2. The first-order valence-electron chi connectivity index (χ1n) is 8.66. The lowest BCUT2D eigenvalue weighted by molar-refractivity contribution is -0.113. The number of hydrogen-bond donors (Lipinski definition) is 0. The van der Waals surface area contributed by atoms with Crippen LogP contribution in [0, 0.1) is 11.3 Å². The molecule has 0 fully saturated rings. The number of para-hydroxylation sites is 2. The lowest BCUT2D eigenvalue weighted by Crippen LogP contribution is -2.27. The summed E-state index contributed by atoms with van der Waals surface area (Å²) in [6.45, 7) is 2.76. The molecule has 0 radical (unpaired) electrons. The van der Waals surface area contributed by atoms with Crippen LogP contribution in [0.25, 0.3) is 21.4 Å². The van der Waals surface area contributed by atoms with Gasteiger partial charge in [0.05, 0.1) is 21.5 Å². The van der Waals surface area contributed by atoms with Crippen molar-refractivity contribution in [1.29, 1.82) is 5.26 Å². The van der Waals surface area contributed by atoms with Crippen molar-refractivity contribution in [3.63, 3.8) is 0 Å². The largest absolute Gasteiger partial charge is 0.308 e. The minimum atomic E-state index is -0.101. The first-order valence-corrected chi connectivity index (χ1v) is 9.47. The fourth-order valence-corrected chi connectivity index (χ4v) is 4.22. The Hall–Kier alpha value is -2.97. The second kappa shape index (κ2) is 6.74. The van der Waals surface area contributed by atoms with Crippen LogP contribution in [0.15, 0.2) is 48.5 Å². The van der Waals surface area contributed by atoms with E-state index in [0.29, 0.717) is 22.7 Å². The molecule has 0 spiro atoms. The zero-order valence-electron chi connectivity index (χ0n) is 14.4. The Labute approximate surface area is 156 Å². The summed E-state index contributed by atoms with van der Waals surface area (Å²) in [6, 6.07) is 17.7. The molecule has 1 aromatic heterocycles. The second-order valence-corrected chi connectivity index (χ2v) is 7.21. The summed E-state index contributed by atoms with van der Waals surface area (Å²) in [5.74, 6) is -0.101. The average Bonchev–Trinajstić information content (AvgIpc) is 3.21. The fraction of sp³-hybridized carbons (Fsp3) is 0.190. The molecule has 0 bridgehead atoms. The number of nitrogens with zero attached hydrogens (tertiary/aromatic N) is 3. The van der Waals surface area contributed by atoms with Crippen molar-refractivity contribution in [2.45, 2.75) is 19.8 Å². The fourth-order valence-electron chi connectivity index (χ4n) is 3.25. The van der Waals surface area contributed by atoms with Crippen LogP contribution < -0.4 is 4.90 Å². The highest BCUT2D eigenvalue weighted by molar-refractivity contribution is 7.19. The molecule has 0 atom stereocenters. The number of thiazole rings is 1. The summed E-state index contributed by atoms with van der Waals surface area (Å²) >= 11 is 1.45. The predicted octanol–water partition coefficient (Wildman–Crippen LogP) is 4.88. The maximum atomic E-state index is 13.2. The molecular formula is C21H17N3OS. The SMILES string of the molecule is CCCCN1C(=O)C(=C(C#N)c2nc3ccccc3s2)c2ccccc21. The Morgan fingerprint density at radius 1 is 1.19 bits per heavy atom. The van der Waals surface area contributed by atoms with Gasteiger partial charge in [0.25, 0.3) is 5.91 Å². The van der Waals surface area contributed by atoms with Gasteiger partial charge in [-0.25, -0.2) is 4.98 Å². The third kappa shape index (κ3) is 2.59. The Kier molecular flexibility index (Phi) is 4.27. The highest BCUT2D eigenvalue weighted by Gasteiger charge is 2.35. The molecule has 0 N–H and O–H groups in total. The number of benzene rings is 2. The topological polar surface area (TPSA) is 57.0 Å². The van der Waals surface area contributed by atoms with E-state index in [2.05, 4.69) is 18.0 Å². The molecule has 0 unspecified atom stereocenters. The highest BCUT2D eigenvalue weighted by Crippen LogP contribution is 2.41. The minimum Gasteiger partial charge on any atom is -0.308 e. The van der Waals surface area contributed by atoms with E-state index in [9.17, 15) is 10.1 Å². The Morgan fingerprint density at radius 2 is 1.96 bits per heavy atom. The molecule has 0 aliphatic carbocycles. The van der Waals surface area contributed by atoms with Crippen LogP contribution in [-0.2, 0) is 4.79 Å². The molecular weight excluding hydrogens is 342 g/mol. The molecule has 1 aliphatic heterocycles. The number of nitriles is 1. The lowest BCUT2D eigenvalue weighted by atomic mass is 10.0. The Balaban J connectivity index is 1.90. The van der Waals surface area contributed by atoms with Gasteiger partial charge in [0, 0.05) is 12.1 Å². The van der Waals surface area contributed by atoms with E-state index in [1.54, 1.807) is 4.90 Å². The van der Waals surface area contributed by atoms with E-state index in [0.717, 1.165) is 34.3 Å². The van der Waals surface area contributed by atoms with E-state index in [-0.39, 0.29) is 5.91 Å². The van der Waals surface area contributed by atoms with E-state index in [1.807, 2.05) is 48.5 Å². The number of anilines is 1. The third-order valence-corrected chi connectivity index (χ3v) is 5.58. The number of amides is 1. The number of allylic oxidation sites excluding steroid dienone is 1. The highest BCUT2D eigenvalue weighted by atomic mass is 32.1. The molecule has 3 aromatic rings. The van der Waals surface area contributed by atoms with Gasteiger partial charge in [0.2, 0.25) is 0 Å². The molecule has 128 valence electrons. The van der Waals surface area contributed by atoms with Crippen LogP contribution in [0.5, 0.6) is 0 Å². The van der Waals surface area contributed by atoms with Crippen LogP contribution in [0.1, 0.15) is 30.3 Å². The first kappa shape index (κ1) is 16.5. The van der Waals surface area contributed by atoms with Crippen molar-refractivity contribution in [1.82, 2.24) is 4.98 Å². The number of carbonyl (C=O) groups excluding carboxylic acids is 1. The Bertz CT molecular complexity index is 1040. The van der Waals surface area contributed by atoms with Crippen molar-refractivity contribution in [2.75, 3.05) is 11.4 Å². The van der Waals surface area contributed by atoms with Gasteiger partial charge in [-0.05, 0) is 24.6 Å². The molecule has 2 aromatic carbocycles. The minimum absolute atomic E-state index is 0.101. The van der Waals surface area contributed by atoms with Gasteiger partial charge >= 0.3 is 0 Å². The van der Waals surface area contributed by atoms with Crippen LogP contribution >= 0.6 is 11.3 Å². The molecule has 0 saturated carbocycles. The molecule has 0 saturated heterocycles. The smallest absolute Gasteiger partial charge is 0.260 e. The summed E-state index contributed by atoms with van der Waals surface area (Å²) in [5.41, 5.74) is 3.39. The molecule has 26 heavy (non-hydrogen) atoms. The van der Waals surface area contributed by atoms with E-state index < -0.39 is 0 Å². The monoisotopic (exact) mass is 359 g/mol. The quantitative estimate of drug-likeness (QED) is 0.493. The number of hydrogen-bond acceptors (Lipinski definition) is 4. The molecule has 2 heterocycles. The van der Waals surface area contributed by atoms with Gasteiger partial charge in [-0.2, -0.15) is 5.26 Å². The number of unbranched alkanes of at least 4 members (excludes halogenated alkanes) is 1. The molecule has 5 heteroatoms. The van der Waals surface area contributed by atoms with Gasteiger partial charge in [0.15, 0.2) is 0 Å². The predicted molar refractivity (Wildman–Crippen MR) is 106 cm³/mol. The van der Waals surface area contributed by atoms with E-state index in [4.69, 9.17) is 0 Å². The first-order chi connectivity index (χ1) is 12.7. The third-order valence-electron chi connectivity index (χ3n) is 4.53. The zero-order chi connectivity index (χ0) is 18.1. The van der Waals surface area contributed by atoms with Crippen molar-refractivity contribution in [3.05, 3.63) is 59.1 Å². The number of rotatable bonds is 4. The van der Waals surface area contributed by atoms with Gasteiger partial charge in [-0.1, -0.05) is 43.7 Å². The standard InChI is InChI=1S/C21H17N3OS/c1-2-3-12-24-17-10-6-4-8-14(17)19(21(24)25)15(13-22)20-23-16-9-5-7-11-18(16)26-20/h4-11H,2-3,12H2,1H3. The van der Waals surface area contributed by atoms with Crippen molar-refractivity contribution in [2.24, 2.45) is 0 Å². The summed E-state index contributed by atoms with van der Waals surface area (Å²) in [6.07, 6.45) is 1.93.